The molecule has 5 nitrogen and oxygen atoms in total. The number of carbonyl (C=O) groups is 1. The molecule has 1 aliphatic heterocycles. The van der Waals surface area contributed by atoms with E-state index in [-0.39, 0.29) is 12.5 Å². The lowest BCUT2D eigenvalue weighted by Crippen LogP contribution is -2.37. The average molecular weight is 404 g/mol. The minimum atomic E-state index is -0.179. The van der Waals surface area contributed by atoms with Gasteiger partial charge in [-0.3, -0.25) is 4.79 Å². The third kappa shape index (κ3) is 4.25. The van der Waals surface area contributed by atoms with Crippen molar-refractivity contribution in [1.29, 1.82) is 0 Å². The van der Waals surface area contributed by atoms with E-state index in [0.29, 0.717) is 11.8 Å². The molecule has 5 heteroatoms. The molecule has 1 amide bonds. The van der Waals surface area contributed by atoms with Gasteiger partial charge >= 0.3 is 0 Å². The van der Waals surface area contributed by atoms with Gasteiger partial charge in [-0.15, -0.1) is 0 Å². The van der Waals surface area contributed by atoms with E-state index in [2.05, 4.69) is 29.3 Å². The van der Waals surface area contributed by atoms with Crippen LogP contribution in [0.5, 0.6) is 5.75 Å². The van der Waals surface area contributed by atoms with Crippen LogP contribution in [-0.2, 0) is 4.79 Å². The molecule has 2 aromatic carbocycles. The van der Waals surface area contributed by atoms with Crippen molar-refractivity contribution in [2.45, 2.75) is 46.1 Å². The summed E-state index contributed by atoms with van der Waals surface area (Å²) < 4.78 is 5.90. The van der Waals surface area contributed by atoms with Gasteiger partial charge in [-0.25, -0.2) is 4.98 Å². The molecule has 1 atom stereocenters. The number of fused-ring (bicyclic) bond motifs is 1. The number of benzene rings is 2. The fourth-order valence-electron chi connectivity index (χ4n) is 4.04. The van der Waals surface area contributed by atoms with Crippen molar-refractivity contribution in [2.24, 2.45) is 0 Å². The van der Waals surface area contributed by atoms with Gasteiger partial charge < -0.3 is 15.0 Å². The van der Waals surface area contributed by atoms with Crippen LogP contribution in [0.3, 0.4) is 0 Å². The van der Waals surface area contributed by atoms with Crippen molar-refractivity contribution >= 4 is 28.3 Å². The number of carbonyl (C=O) groups excluding carboxylic acids is 1. The van der Waals surface area contributed by atoms with Gasteiger partial charge in [0.2, 0.25) is 0 Å². The van der Waals surface area contributed by atoms with E-state index in [1.165, 1.54) is 19.3 Å². The van der Waals surface area contributed by atoms with Gasteiger partial charge in [0.25, 0.3) is 5.91 Å². The third-order valence-electron chi connectivity index (χ3n) is 6.00. The van der Waals surface area contributed by atoms with Crippen LogP contribution in [0.25, 0.3) is 10.9 Å². The molecule has 0 saturated carbocycles. The van der Waals surface area contributed by atoms with Crippen LogP contribution >= 0.6 is 0 Å². The van der Waals surface area contributed by atoms with Gasteiger partial charge in [0.1, 0.15) is 17.1 Å². The average Bonchev–Trinajstić information content (AvgIpc) is 2.75. The zero-order valence-corrected chi connectivity index (χ0v) is 17.9. The van der Waals surface area contributed by atoms with Gasteiger partial charge in [-0.1, -0.05) is 24.3 Å². The molecule has 1 saturated heterocycles. The highest BCUT2D eigenvalue weighted by Crippen LogP contribution is 2.29. The minimum Gasteiger partial charge on any atom is -0.481 e. The van der Waals surface area contributed by atoms with Gasteiger partial charge in [0, 0.05) is 23.7 Å². The highest BCUT2D eigenvalue weighted by atomic mass is 16.5. The summed E-state index contributed by atoms with van der Waals surface area (Å²) in [5.74, 6) is 1.43. The van der Waals surface area contributed by atoms with Crippen LogP contribution in [0.1, 0.15) is 37.3 Å². The number of rotatable bonds is 5. The predicted molar refractivity (Wildman–Crippen MR) is 122 cm³/mol. The second-order valence-electron chi connectivity index (χ2n) is 8.12. The molecule has 0 bridgehead atoms. The Morgan fingerprint density at radius 2 is 1.97 bits per heavy atom. The molecular formula is C25H29N3O2. The Labute approximate surface area is 178 Å². The van der Waals surface area contributed by atoms with Gasteiger partial charge in [-0.05, 0) is 75.4 Å². The summed E-state index contributed by atoms with van der Waals surface area (Å²) in [5, 5.41) is 3.96. The molecule has 0 spiro atoms. The zero-order chi connectivity index (χ0) is 21.1. The lowest BCUT2D eigenvalue weighted by Gasteiger charge is -2.34. The Bertz CT molecular complexity index is 1060. The van der Waals surface area contributed by atoms with E-state index in [1.54, 1.807) is 0 Å². The van der Waals surface area contributed by atoms with Crippen LogP contribution in [0.2, 0.25) is 0 Å². The molecule has 0 aliphatic carbocycles. The number of aryl methyl sites for hydroxylation is 1. The number of hydrogen-bond donors (Lipinski definition) is 1. The van der Waals surface area contributed by atoms with E-state index in [1.807, 2.05) is 50.2 Å². The first kappa shape index (κ1) is 20.2. The van der Waals surface area contributed by atoms with Crippen molar-refractivity contribution in [3.8, 4) is 5.75 Å². The summed E-state index contributed by atoms with van der Waals surface area (Å²) in [6, 6.07) is 16.4. The van der Waals surface area contributed by atoms with Crippen LogP contribution < -0.4 is 15.0 Å². The molecule has 30 heavy (non-hydrogen) atoms. The molecule has 0 radical (unpaired) electrons. The Morgan fingerprint density at radius 1 is 1.13 bits per heavy atom. The van der Waals surface area contributed by atoms with Crippen LogP contribution in [0.4, 0.5) is 11.5 Å². The monoisotopic (exact) mass is 403 g/mol. The number of anilines is 2. The van der Waals surface area contributed by atoms with Gasteiger partial charge in [-0.2, -0.15) is 0 Å². The van der Waals surface area contributed by atoms with Crippen LogP contribution in [0.15, 0.2) is 48.5 Å². The maximum atomic E-state index is 12.5. The third-order valence-corrected chi connectivity index (χ3v) is 6.00. The Balaban J connectivity index is 1.51. The highest BCUT2D eigenvalue weighted by molar-refractivity contribution is 5.93. The number of amides is 1. The number of piperidine rings is 1. The quantitative estimate of drug-likeness (QED) is 0.632. The summed E-state index contributed by atoms with van der Waals surface area (Å²) in [6.07, 6.45) is 3.66. The summed E-state index contributed by atoms with van der Waals surface area (Å²) in [4.78, 5) is 19.8. The number of para-hydroxylation sites is 1. The number of ether oxygens (including phenoxy) is 1. The lowest BCUT2D eigenvalue weighted by atomic mass is 10.0. The number of nitrogens with zero attached hydrogens (tertiary/aromatic N) is 2. The van der Waals surface area contributed by atoms with E-state index in [4.69, 9.17) is 9.72 Å². The van der Waals surface area contributed by atoms with Gasteiger partial charge in [0.15, 0.2) is 6.61 Å². The minimum absolute atomic E-state index is 0.0570. The van der Waals surface area contributed by atoms with Crippen LogP contribution in [-0.4, -0.2) is 30.1 Å². The van der Waals surface area contributed by atoms with E-state index < -0.39 is 0 Å². The topological polar surface area (TPSA) is 54.5 Å². The van der Waals surface area contributed by atoms with Crippen molar-refractivity contribution in [3.05, 3.63) is 59.7 Å². The number of nitrogens with one attached hydrogen (secondary N) is 1. The standard InChI is InChI=1S/C25H29N3O2/c1-17-8-6-11-21(19(17)3)26-24(29)16-30-22-12-7-10-20-13-14-23(27-25(20)22)28-15-5-4-9-18(28)2/h6-8,10-14,18H,4-5,9,15-16H2,1-3H3,(H,26,29). The summed E-state index contributed by atoms with van der Waals surface area (Å²) in [6.45, 7) is 7.26. The molecule has 156 valence electrons. The Kier molecular flexibility index (Phi) is 5.88. The fourth-order valence-corrected chi connectivity index (χ4v) is 4.04. The molecule has 4 rings (SSSR count). The number of hydrogen-bond acceptors (Lipinski definition) is 4. The molecule has 1 aromatic heterocycles. The molecule has 1 aliphatic rings. The molecular weight excluding hydrogens is 374 g/mol. The Morgan fingerprint density at radius 3 is 2.80 bits per heavy atom. The normalized spacial score (nSPS) is 16.5. The second-order valence-corrected chi connectivity index (χ2v) is 8.12. The predicted octanol–water partition coefficient (Wildman–Crippen LogP) is 5.25. The first-order valence-corrected chi connectivity index (χ1v) is 10.7. The smallest absolute Gasteiger partial charge is 0.262 e. The van der Waals surface area contributed by atoms with E-state index in [0.717, 1.165) is 40.1 Å². The molecule has 2 heterocycles. The second kappa shape index (κ2) is 8.74. The summed E-state index contributed by atoms with van der Waals surface area (Å²) in [7, 11) is 0. The van der Waals surface area contributed by atoms with Crippen LogP contribution in [0, 0.1) is 13.8 Å². The molecule has 3 aromatic rings. The molecule has 1 fully saturated rings. The fraction of sp³-hybridized carbons (Fsp3) is 0.360. The Hall–Kier alpha value is -3.08. The number of pyridine rings is 1. The van der Waals surface area contributed by atoms with Crippen molar-refractivity contribution in [3.63, 3.8) is 0 Å². The van der Waals surface area contributed by atoms with E-state index in [9.17, 15) is 4.79 Å². The first-order valence-electron chi connectivity index (χ1n) is 10.7. The maximum Gasteiger partial charge on any atom is 0.262 e. The largest absolute Gasteiger partial charge is 0.481 e. The van der Waals surface area contributed by atoms with Crippen molar-refractivity contribution < 1.29 is 9.53 Å². The molecule has 1 unspecified atom stereocenters. The lowest BCUT2D eigenvalue weighted by molar-refractivity contribution is -0.118. The number of aromatic nitrogens is 1. The van der Waals surface area contributed by atoms with Crippen molar-refractivity contribution in [1.82, 2.24) is 4.98 Å². The van der Waals surface area contributed by atoms with Crippen molar-refractivity contribution in [2.75, 3.05) is 23.4 Å². The highest BCUT2D eigenvalue weighted by Gasteiger charge is 2.20. The van der Waals surface area contributed by atoms with Gasteiger partial charge in [0.05, 0.1) is 0 Å². The SMILES string of the molecule is Cc1cccc(NC(=O)COc2cccc3ccc(N4CCCCC4C)nc23)c1C. The summed E-state index contributed by atoms with van der Waals surface area (Å²) in [5.41, 5.74) is 3.83. The van der Waals surface area contributed by atoms with E-state index >= 15 is 0 Å². The zero-order valence-electron chi connectivity index (χ0n) is 17.9. The molecule has 1 N–H and O–H groups in total. The maximum absolute atomic E-state index is 12.5. The first-order chi connectivity index (χ1) is 14.5. The summed E-state index contributed by atoms with van der Waals surface area (Å²) >= 11 is 0.